The normalized spacial score (nSPS) is 12.0. The van der Waals surface area contributed by atoms with Gasteiger partial charge in [-0.15, -0.1) is 0 Å². The second kappa shape index (κ2) is 6.23. The molecule has 2 aromatic carbocycles. The van der Waals surface area contributed by atoms with E-state index >= 15 is 0 Å². The van der Waals surface area contributed by atoms with Crippen LogP contribution in [0.2, 0.25) is 5.02 Å². The number of hydrogen-bond acceptors (Lipinski definition) is 4. The topological polar surface area (TPSA) is 68.2 Å². The van der Waals surface area contributed by atoms with Gasteiger partial charge in [0.05, 0.1) is 20.9 Å². The number of sulfonamides is 1. The van der Waals surface area contributed by atoms with Crippen LogP contribution in [0.4, 0.5) is 5.69 Å². The maximum atomic E-state index is 12.5. The lowest BCUT2D eigenvalue weighted by Crippen LogP contribution is -2.15. The summed E-state index contributed by atoms with van der Waals surface area (Å²) < 4.78 is 29.9. The smallest absolute Gasteiger partial charge is 0.296 e. The SMILES string of the molecule is CC(C)n1c(=O)sc2cc(NS(=O)(=O)c3ccccc3Cl)ccc21. The van der Waals surface area contributed by atoms with Crippen molar-refractivity contribution in [2.45, 2.75) is 24.8 Å². The van der Waals surface area contributed by atoms with Crippen molar-refractivity contribution in [1.29, 1.82) is 0 Å². The Kier molecular flexibility index (Phi) is 4.42. The maximum absolute atomic E-state index is 12.5. The fraction of sp³-hybridized carbons (Fsp3) is 0.188. The van der Waals surface area contributed by atoms with E-state index in [2.05, 4.69) is 4.72 Å². The van der Waals surface area contributed by atoms with Crippen LogP contribution in [0.5, 0.6) is 0 Å². The van der Waals surface area contributed by atoms with Crippen molar-refractivity contribution in [2.75, 3.05) is 4.72 Å². The highest BCUT2D eigenvalue weighted by molar-refractivity contribution is 7.92. The summed E-state index contributed by atoms with van der Waals surface area (Å²) in [6.07, 6.45) is 0. The second-order valence-electron chi connectivity index (χ2n) is 5.55. The number of nitrogens with one attached hydrogen (secondary N) is 1. The number of fused-ring (bicyclic) bond motifs is 1. The highest BCUT2D eigenvalue weighted by atomic mass is 35.5. The van der Waals surface area contributed by atoms with Crippen molar-refractivity contribution < 1.29 is 8.42 Å². The summed E-state index contributed by atoms with van der Waals surface area (Å²) in [5.74, 6) is 0. The Bertz CT molecular complexity index is 1070. The summed E-state index contributed by atoms with van der Waals surface area (Å²) in [6, 6.07) is 11.3. The van der Waals surface area contributed by atoms with E-state index in [1.807, 2.05) is 13.8 Å². The summed E-state index contributed by atoms with van der Waals surface area (Å²) >= 11 is 7.06. The first-order valence-corrected chi connectivity index (χ1v) is 9.90. The Balaban J connectivity index is 2.02. The van der Waals surface area contributed by atoms with E-state index in [4.69, 9.17) is 11.6 Å². The van der Waals surface area contributed by atoms with Gasteiger partial charge in [-0.05, 0) is 44.2 Å². The molecule has 126 valence electrons. The number of aromatic nitrogens is 1. The number of anilines is 1. The number of nitrogens with zero attached hydrogens (tertiary/aromatic N) is 1. The van der Waals surface area contributed by atoms with Crippen LogP contribution in [0, 0.1) is 0 Å². The molecule has 1 N–H and O–H groups in total. The Hall–Kier alpha value is -1.83. The molecule has 0 radical (unpaired) electrons. The Morgan fingerprint density at radius 1 is 1.17 bits per heavy atom. The molecule has 5 nitrogen and oxygen atoms in total. The molecule has 8 heteroatoms. The van der Waals surface area contributed by atoms with Crippen LogP contribution in [0.1, 0.15) is 19.9 Å². The average Bonchev–Trinajstić information content (AvgIpc) is 2.82. The largest absolute Gasteiger partial charge is 0.308 e. The molecule has 1 aromatic heterocycles. The van der Waals surface area contributed by atoms with Crippen molar-refractivity contribution >= 4 is 48.9 Å². The van der Waals surface area contributed by atoms with Crippen LogP contribution in [0.3, 0.4) is 0 Å². The number of hydrogen-bond donors (Lipinski definition) is 1. The second-order valence-corrected chi connectivity index (χ2v) is 8.60. The summed E-state index contributed by atoms with van der Waals surface area (Å²) in [6.45, 7) is 3.86. The van der Waals surface area contributed by atoms with Gasteiger partial charge in [0, 0.05) is 6.04 Å². The first-order valence-electron chi connectivity index (χ1n) is 7.22. The van der Waals surface area contributed by atoms with Crippen LogP contribution < -0.4 is 9.60 Å². The molecule has 24 heavy (non-hydrogen) atoms. The summed E-state index contributed by atoms with van der Waals surface area (Å²) in [7, 11) is -3.79. The van der Waals surface area contributed by atoms with E-state index in [1.54, 1.807) is 34.9 Å². The first-order chi connectivity index (χ1) is 11.3. The quantitative estimate of drug-likeness (QED) is 0.738. The van der Waals surface area contributed by atoms with Crippen LogP contribution in [0.15, 0.2) is 52.2 Å². The van der Waals surface area contributed by atoms with Crippen LogP contribution in [-0.4, -0.2) is 13.0 Å². The van der Waals surface area contributed by atoms with Crippen LogP contribution in [-0.2, 0) is 10.0 Å². The number of thiazole rings is 1. The minimum atomic E-state index is -3.79. The lowest BCUT2D eigenvalue weighted by atomic mass is 10.3. The summed E-state index contributed by atoms with van der Waals surface area (Å²) in [5, 5.41) is 0.154. The fourth-order valence-corrected chi connectivity index (χ4v) is 5.08. The molecule has 0 saturated heterocycles. The van der Waals surface area contributed by atoms with Crippen LogP contribution in [0.25, 0.3) is 10.2 Å². The molecule has 3 rings (SSSR count). The van der Waals surface area contributed by atoms with E-state index in [1.165, 1.54) is 12.1 Å². The minimum absolute atomic E-state index is 0.0136. The van der Waals surface area contributed by atoms with E-state index in [0.717, 1.165) is 21.6 Å². The zero-order valence-electron chi connectivity index (χ0n) is 13.0. The molecular formula is C16H15ClN2O3S2. The third-order valence-corrected chi connectivity index (χ3v) is 6.31. The molecule has 0 aliphatic heterocycles. The minimum Gasteiger partial charge on any atom is -0.296 e. The Morgan fingerprint density at radius 2 is 1.88 bits per heavy atom. The van der Waals surface area contributed by atoms with Gasteiger partial charge in [-0.25, -0.2) is 8.42 Å². The molecule has 3 aromatic rings. The van der Waals surface area contributed by atoms with Crippen molar-refractivity contribution in [3.8, 4) is 0 Å². The molecule has 0 unspecified atom stereocenters. The number of halogens is 1. The van der Waals surface area contributed by atoms with E-state index in [0.29, 0.717) is 5.69 Å². The molecule has 0 fully saturated rings. The van der Waals surface area contributed by atoms with Gasteiger partial charge < -0.3 is 0 Å². The van der Waals surface area contributed by atoms with Gasteiger partial charge in [0.15, 0.2) is 0 Å². The predicted octanol–water partition coefficient (Wildman–Crippen LogP) is 4.10. The highest BCUT2D eigenvalue weighted by Crippen LogP contribution is 2.27. The summed E-state index contributed by atoms with van der Waals surface area (Å²) in [4.78, 5) is 12.0. The van der Waals surface area contributed by atoms with Gasteiger partial charge in [-0.2, -0.15) is 0 Å². The zero-order valence-corrected chi connectivity index (χ0v) is 15.4. The monoisotopic (exact) mass is 382 g/mol. The van der Waals surface area contributed by atoms with Gasteiger partial charge in [-0.3, -0.25) is 14.1 Å². The standard InChI is InChI=1S/C16H15ClN2O3S2/c1-10(2)19-13-8-7-11(9-14(13)23-16(19)20)18-24(21,22)15-6-4-3-5-12(15)17/h3-10,18H,1-2H3. The number of rotatable bonds is 4. The Morgan fingerprint density at radius 3 is 2.54 bits per heavy atom. The van der Waals surface area contributed by atoms with Gasteiger partial charge in [-0.1, -0.05) is 35.1 Å². The van der Waals surface area contributed by atoms with E-state index < -0.39 is 10.0 Å². The average molecular weight is 383 g/mol. The van der Waals surface area contributed by atoms with Gasteiger partial charge in [0.1, 0.15) is 4.90 Å². The zero-order chi connectivity index (χ0) is 17.5. The molecule has 0 aliphatic rings. The van der Waals surface area contributed by atoms with E-state index in [-0.39, 0.29) is 20.8 Å². The molecule has 0 atom stereocenters. The lowest BCUT2D eigenvalue weighted by Gasteiger charge is -2.10. The molecule has 0 spiro atoms. The fourth-order valence-electron chi connectivity index (χ4n) is 2.46. The molecule has 0 bridgehead atoms. The molecule has 1 heterocycles. The van der Waals surface area contributed by atoms with Gasteiger partial charge >= 0.3 is 4.87 Å². The van der Waals surface area contributed by atoms with Gasteiger partial charge in [0.25, 0.3) is 10.0 Å². The van der Waals surface area contributed by atoms with Crippen molar-refractivity contribution in [2.24, 2.45) is 0 Å². The molecule has 0 aliphatic carbocycles. The van der Waals surface area contributed by atoms with Crippen LogP contribution >= 0.6 is 22.9 Å². The third-order valence-electron chi connectivity index (χ3n) is 3.51. The number of benzene rings is 2. The predicted molar refractivity (Wildman–Crippen MR) is 98.7 cm³/mol. The summed E-state index contributed by atoms with van der Waals surface area (Å²) in [5.41, 5.74) is 1.18. The maximum Gasteiger partial charge on any atom is 0.308 e. The Labute approximate surface area is 148 Å². The van der Waals surface area contributed by atoms with Crippen molar-refractivity contribution in [3.05, 3.63) is 57.2 Å². The molecule has 0 amide bonds. The highest BCUT2D eigenvalue weighted by Gasteiger charge is 2.18. The molecule has 0 saturated carbocycles. The lowest BCUT2D eigenvalue weighted by molar-refractivity contribution is 0.601. The first kappa shape index (κ1) is 17.0. The van der Waals surface area contributed by atoms with Gasteiger partial charge in [0.2, 0.25) is 0 Å². The third kappa shape index (κ3) is 3.07. The van der Waals surface area contributed by atoms with E-state index in [9.17, 15) is 13.2 Å². The van der Waals surface area contributed by atoms with Crippen molar-refractivity contribution in [3.63, 3.8) is 0 Å². The molecular weight excluding hydrogens is 368 g/mol. The van der Waals surface area contributed by atoms with Crippen molar-refractivity contribution in [1.82, 2.24) is 4.57 Å².